The third kappa shape index (κ3) is 5.21. The van der Waals surface area contributed by atoms with E-state index in [1.54, 1.807) is 28.8 Å². The van der Waals surface area contributed by atoms with E-state index in [0.717, 1.165) is 23.1 Å². The minimum absolute atomic E-state index is 0.0947. The minimum Gasteiger partial charge on any atom is -0.380 e. The van der Waals surface area contributed by atoms with Crippen LogP contribution in [0.25, 0.3) is 10.9 Å². The number of para-hydroxylation sites is 1. The molecule has 40 heavy (non-hydrogen) atoms. The standard InChI is InChI=1S/C29H32BrN5O5/c1-5-11-40-16-29-12-21(28(38)32-27-19(15-39-4)9-10-23(30)31-27)35(22(29)13-29)24(37)14-34-26-17(2)7-6-8-20(26)25(33-34)18(3)36/h5-10,21-22H,1,11-16H2,2-4H3,(H,31,32,38)/t21-,22+,29-/m0/s1. The number of methoxy groups -OCH3 is 1. The van der Waals surface area contributed by atoms with Crippen LogP contribution in [0.3, 0.4) is 0 Å². The number of hydrogen-bond donors (Lipinski definition) is 1. The van der Waals surface area contributed by atoms with Gasteiger partial charge in [-0.2, -0.15) is 5.10 Å². The molecule has 11 heteroatoms. The van der Waals surface area contributed by atoms with Crippen molar-refractivity contribution in [3.8, 4) is 0 Å². The first kappa shape index (κ1) is 28.1. The Morgan fingerprint density at radius 1 is 1.25 bits per heavy atom. The molecular weight excluding hydrogens is 578 g/mol. The fourth-order valence-electron chi connectivity index (χ4n) is 5.81. The molecule has 3 heterocycles. The van der Waals surface area contributed by atoms with Crippen LogP contribution in [0.5, 0.6) is 0 Å². The lowest BCUT2D eigenvalue weighted by molar-refractivity contribution is -0.138. The van der Waals surface area contributed by atoms with E-state index in [1.807, 2.05) is 31.2 Å². The molecule has 3 aromatic rings. The lowest BCUT2D eigenvalue weighted by Crippen LogP contribution is -2.47. The van der Waals surface area contributed by atoms with Crippen LogP contribution in [0.2, 0.25) is 0 Å². The van der Waals surface area contributed by atoms with Gasteiger partial charge in [0.1, 0.15) is 28.7 Å². The van der Waals surface area contributed by atoms with Gasteiger partial charge in [0.05, 0.1) is 25.3 Å². The van der Waals surface area contributed by atoms with Crippen molar-refractivity contribution in [2.45, 2.75) is 51.9 Å². The summed E-state index contributed by atoms with van der Waals surface area (Å²) in [5.74, 6) is -0.354. The van der Waals surface area contributed by atoms with Crippen LogP contribution in [0, 0.1) is 12.3 Å². The smallest absolute Gasteiger partial charge is 0.248 e. The van der Waals surface area contributed by atoms with Gasteiger partial charge in [-0.25, -0.2) is 4.98 Å². The Kier molecular flexibility index (Phi) is 7.89. The van der Waals surface area contributed by atoms with Gasteiger partial charge in [-0.15, -0.1) is 6.58 Å². The van der Waals surface area contributed by atoms with Gasteiger partial charge in [0.25, 0.3) is 0 Å². The first-order valence-electron chi connectivity index (χ1n) is 13.1. The number of anilines is 1. The van der Waals surface area contributed by atoms with E-state index >= 15 is 0 Å². The van der Waals surface area contributed by atoms with Crippen LogP contribution in [0.4, 0.5) is 5.82 Å². The Labute approximate surface area is 240 Å². The Bertz CT molecular complexity index is 1500. The Hall–Kier alpha value is -3.41. The summed E-state index contributed by atoms with van der Waals surface area (Å²) in [4.78, 5) is 46.1. The van der Waals surface area contributed by atoms with E-state index in [4.69, 9.17) is 9.47 Å². The molecule has 1 saturated heterocycles. The second kappa shape index (κ2) is 11.2. The number of fused-ring (bicyclic) bond motifs is 2. The molecule has 2 aliphatic rings. The summed E-state index contributed by atoms with van der Waals surface area (Å²) in [5, 5.41) is 8.15. The quantitative estimate of drug-likeness (QED) is 0.151. The number of Topliss-reactive ketones (excluding diaryl/α,β-unsaturated/α-hetero) is 1. The van der Waals surface area contributed by atoms with E-state index in [-0.39, 0.29) is 42.2 Å². The summed E-state index contributed by atoms with van der Waals surface area (Å²) in [7, 11) is 1.57. The number of pyridine rings is 1. The number of carbonyl (C=O) groups excluding carboxylic acids is 3. The van der Waals surface area contributed by atoms with E-state index in [1.165, 1.54) is 6.92 Å². The number of piperidine rings is 1. The van der Waals surface area contributed by atoms with Crippen molar-refractivity contribution < 1.29 is 23.9 Å². The Morgan fingerprint density at radius 3 is 2.77 bits per heavy atom. The van der Waals surface area contributed by atoms with Crippen molar-refractivity contribution in [2.75, 3.05) is 25.6 Å². The van der Waals surface area contributed by atoms with Crippen molar-refractivity contribution in [3.63, 3.8) is 0 Å². The molecule has 1 aromatic carbocycles. The third-order valence-corrected chi connectivity index (χ3v) is 8.15. The molecular formula is C29H32BrN5O5. The number of rotatable bonds is 11. The van der Waals surface area contributed by atoms with E-state index in [2.05, 4.69) is 37.9 Å². The molecule has 1 aliphatic heterocycles. The molecule has 10 nitrogen and oxygen atoms in total. The average Bonchev–Trinajstić information content (AvgIpc) is 3.30. The number of nitrogens with one attached hydrogen (secondary N) is 1. The zero-order valence-corrected chi connectivity index (χ0v) is 24.4. The fourth-order valence-corrected chi connectivity index (χ4v) is 6.12. The van der Waals surface area contributed by atoms with Gasteiger partial charge in [-0.05, 0) is 47.3 Å². The maximum absolute atomic E-state index is 13.9. The Morgan fingerprint density at radius 2 is 2.05 bits per heavy atom. The minimum atomic E-state index is -0.718. The number of likely N-dealkylation sites (tertiary alicyclic amines) is 1. The summed E-state index contributed by atoms with van der Waals surface area (Å²) in [6.45, 7) is 8.10. The largest absolute Gasteiger partial charge is 0.380 e. The lowest BCUT2D eigenvalue weighted by Gasteiger charge is -2.27. The second-order valence-electron chi connectivity index (χ2n) is 10.5. The number of hydrogen-bond acceptors (Lipinski definition) is 7. The summed E-state index contributed by atoms with van der Waals surface area (Å²) in [6, 6.07) is 8.39. The molecule has 3 atom stereocenters. The summed E-state index contributed by atoms with van der Waals surface area (Å²) in [6.07, 6.45) is 2.91. The highest BCUT2D eigenvalue weighted by Gasteiger charge is 2.67. The summed E-state index contributed by atoms with van der Waals surface area (Å²) < 4.78 is 13.2. The number of amides is 2. The molecule has 210 valence electrons. The van der Waals surface area contributed by atoms with Crippen molar-refractivity contribution in [1.29, 1.82) is 0 Å². The number of benzene rings is 1. The van der Waals surface area contributed by atoms with Crippen LogP contribution in [0.1, 0.15) is 41.4 Å². The molecule has 0 unspecified atom stereocenters. The van der Waals surface area contributed by atoms with Gasteiger partial charge >= 0.3 is 0 Å². The molecule has 0 spiro atoms. The lowest BCUT2D eigenvalue weighted by atomic mass is 10.00. The van der Waals surface area contributed by atoms with Gasteiger partial charge in [0, 0.05) is 36.4 Å². The summed E-state index contributed by atoms with van der Waals surface area (Å²) >= 11 is 3.36. The van der Waals surface area contributed by atoms with Crippen molar-refractivity contribution in [3.05, 3.63) is 64.4 Å². The molecule has 2 aromatic heterocycles. The number of ether oxygens (including phenoxy) is 2. The number of aryl methyl sites for hydroxylation is 1. The Balaban J connectivity index is 1.45. The highest BCUT2D eigenvalue weighted by molar-refractivity contribution is 9.10. The zero-order valence-electron chi connectivity index (χ0n) is 22.8. The zero-order chi connectivity index (χ0) is 28.6. The number of carbonyl (C=O) groups is 3. The third-order valence-electron chi connectivity index (χ3n) is 7.71. The van der Waals surface area contributed by atoms with Crippen molar-refractivity contribution >= 4 is 50.2 Å². The van der Waals surface area contributed by atoms with Crippen LogP contribution in [-0.2, 0) is 32.2 Å². The van der Waals surface area contributed by atoms with Gasteiger partial charge in [-0.1, -0.05) is 30.3 Å². The normalized spacial score (nSPS) is 21.4. The highest BCUT2D eigenvalue weighted by atomic mass is 79.9. The van der Waals surface area contributed by atoms with Crippen LogP contribution < -0.4 is 5.32 Å². The monoisotopic (exact) mass is 609 g/mol. The van der Waals surface area contributed by atoms with Crippen LogP contribution in [0.15, 0.2) is 47.6 Å². The second-order valence-corrected chi connectivity index (χ2v) is 11.3. The maximum atomic E-state index is 13.9. The van der Waals surface area contributed by atoms with Crippen LogP contribution >= 0.6 is 15.9 Å². The molecule has 1 N–H and O–H groups in total. The molecule has 0 bridgehead atoms. The van der Waals surface area contributed by atoms with E-state index in [9.17, 15) is 14.4 Å². The number of aromatic nitrogens is 3. The predicted octanol–water partition coefficient (Wildman–Crippen LogP) is 4.05. The molecule has 2 amide bonds. The molecule has 0 radical (unpaired) electrons. The number of nitrogens with zero attached hydrogens (tertiary/aromatic N) is 4. The topological polar surface area (TPSA) is 116 Å². The SMILES string of the molecule is C=CCOC[C@@]12C[C@@H](C(=O)Nc3nc(Br)ccc3COC)N(C(=O)Cn3nc(C(C)=O)c4cccc(C)c43)[C@@H]1C2. The number of halogens is 1. The molecule has 5 rings (SSSR count). The molecule has 1 aliphatic carbocycles. The highest BCUT2D eigenvalue weighted by Crippen LogP contribution is 2.60. The first-order chi connectivity index (χ1) is 19.2. The van der Waals surface area contributed by atoms with Crippen molar-refractivity contribution in [1.82, 2.24) is 19.7 Å². The van der Waals surface area contributed by atoms with Gasteiger partial charge in [0.2, 0.25) is 11.8 Å². The molecule has 2 fully saturated rings. The molecule has 1 saturated carbocycles. The summed E-state index contributed by atoms with van der Waals surface area (Å²) in [5.41, 5.74) is 2.39. The fraction of sp³-hybridized carbons (Fsp3) is 0.414. The van der Waals surface area contributed by atoms with Gasteiger partial charge in [-0.3, -0.25) is 19.1 Å². The number of ketones is 1. The van der Waals surface area contributed by atoms with Gasteiger partial charge in [0.15, 0.2) is 5.78 Å². The van der Waals surface area contributed by atoms with Gasteiger partial charge < -0.3 is 19.7 Å². The maximum Gasteiger partial charge on any atom is 0.248 e. The van der Waals surface area contributed by atoms with Crippen molar-refractivity contribution in [2.24, 2.45) is 5.41 Å². The average molecular weight is 611 g/mol. The first-order valence-corrected chi connectivity index (χ1v) is 13.9. The van der Waals surface area contributed by atoms with Crippen LogP contribution in [-0.4, -0.2) is 69.7 Å². The van der Waals surface area contributed by atoms with E-state index in [0.29, 0.717) is 41.1 Å². The predicted molar refractivity (Wildman–Crippen MR) is 153 cm³/mol. The van der Waals surface area contributed by atoms with E-state index < -0.39 is 6.04 Å².